The number of amides is 1. The Morgan fingerprint density at radius 3 is 2.77 bits per heavy atom. The maximum atomic E-state index is 12.1. The average molecular weight is 321 g/mol. The predicted octanol–water partition coefficient (Wildman–Crippen LogP) is 1.41. The highest BCUT2D eigenvalue weighted by Crippen LogP contribution is 2.32. The van der Waals surface area contributed by atoms with Gasteiger partial charge in [-0.25, -0.2) is 5.14 Å². The second-order valence-corrected chi connectivity index (χ2v) is 6.57. The van der Waals surface area contributed by atoms with Crippen molar-refractivity contribution in [1.29, 1.82) is 0 Å². The van der Waals surface area contributed by atoms with E-state index < -0.39 is 10.2 Å². The van der Waals surface area contributed by atoms with E-state index in [-0.39, 0.29) is 11.7 Å². The molecule has 1 aliphatic rings. The number of aryl methyl sites for hydroxylation is 1. The van der Waals surface area contributed by atoms with Crippen LogP contribution in [0.25, 0.3) is 0 Å². The molecule has 0 fully saturated rings. The van der Waals surface area contributed by atoms with Crippen molar-refractivity contribution in [2.75, 3.05) is 16.2 Å². The standard InChI is InChI=1S/C14H15N3O4S/c1-9-5-7-21-13(9)14(18)16-11-3-2-10-4-6-17(12(10)8-11)22(15,19)20/h2-3,5,7-8H,4,6H2,1H3,(H,16,18)(H2,15,19,20). The summed E-state index contributed by atoms with van der Waals surface area (Å²) < 4.78 is 29.4. The van der Waals surface area contributed by atoms with E-state index in [1.54, 1.807) is 31.2 Å². The lowest BCUT2D eigenvalue weighted by molar-refractivity contribution is 0.0996. The minimum Gasteiger partial charge on any atom is -0.459 e. The molecule has 116 valence electrons. The number of anilines is 2. The topological polar surface area (TPSA) is 106 Å². The van der Waals surface area contributed by atoms with Crippen LogP contribution in [0.3, 0.4) is 0 Å². The Bertz CT molecular complexity index is 842. The minimum absolute atomic E-state index is 0.226. The van der Waals surface area contributed by atoms with E-state index >= 15 is 0 Å². The van der Waals surface area contributed by atoms with Gasteiger partial charge >= 0.3 is 0 Å². The fourth-order valence-electron chi connectivity index (χ4n) is 2.49. The van der Waals surface area contributed by atoms with E-state index in [1.807, 2.05) is 0 Å². The molecule has 1 aromatic heterocycles. The molecular weight excluding hydrogens is 306 g/mol. The Labute approximate surface area is 127 Å². The smallest absolute Gasteiger partial charge is 0.299 e. The van der Waals surface area contributed by atoms with Crippen molar-refractivity contribution in [3.63, 3.8) is 0 Å². The number of carbonyl (C=O) groups excluding carboxylic acids is 1. The summed E-state index contributed by atoms with van der Waals surface area (Å²) in [6.45, 7) is 2.08. The number of benzene rings is 1. The van der Waals surface area contributed by atoms with E-state index in [4.69, 9.17) is 9.56 Å². The largest absolute Gasteiger partial charge is 0.459 e. The van der Waals surface area contributed by atoms with Gasteiger partial charge in [-0.15, -0.1) is 0 Å². The fourth-order valence-corrected chi connectivity index (χ4v) is 3.28. The molecule has 0 unspecified atom stereocenters. The summed E-state index contributed by atoms with van der Waals surface area (Å²) in [6, 6.07) is 6.80. The van der Waals surface area contributed by atoms with Crippen LogP contribution in [0.4, 0.5) is 11.4 Å². The van der Waals surface area contributed by atoms with Crippen molar-refractivity contribution in [2.24, 2.45) is 5.14 Å². The number of rotatable bonds is 3. The summed E-state index contributed by atoms with van der Waals surface area (Å²) in [5.41, 5.74) is 2.58. The van der Waals surface area contributed by atoms with E-state index in [2.05, 4.69) is 5.32 Å². The summed E-state index contributed by atoms with van der Waals surface area (Å²) in [4.78, 5) is 12.1. The number of nitrogens with two attached hydrogens (primary N) is 1. The van der Waals surface area contributed by atoms with Gasteiger partial charge in [0, 0.05) is 17.8 Å². The van der Waals surface area contributed by atoms with Crippen molar-refractivity contribution in [3.8, 4) is 0 Å². The zero-order valence-electron chi connectivity index (χ0n) is 11.9. The SMILES string of the molecule is Cc1ccoc1C(=O)Nc1ccc2c(c1)N(S(N)(=O)=O)CC2. The molecule has 2 heterocycles. The van der Waals surface area contributed by atoms with Crippen LogP contribution in [0.2, 0.25) is 0 Å². The van der Waals surface area contributed by atoms with Crippen molar-refractivity contribution >= 4 is 27.5 Å². The van der Waals surface area contributed by atoms with Gasteiger partial charge < -0.3 is 9.73 Å². The molecule has 0 aliphatic carbocycles. The second kappa shape index (κ2) is 5.15. The highest BCUT2D eigenvalue weighted by Gasteiger charge is 2.27. The summed E-state index contributed by atoms with van der Waals surface area (Å²) in [5.74, 6) is -0.161. The molecule has 3 N–H and O–H groups in total. The van der Waals surface area contributed by atoms with E-state index in [0.717, 1.165) is 15.4 Å². The summed E-state index contributed by atoms with van der Waals surface area (Å²) in [7, 11) is -3.81. The molecule has 0 saturated carbocycles. The zero-order chi connectivity index (χ0) is 15.9. The van der Waals surface area contributed by atoms with Gasteiger partial charge in [-0.3, -0.25) is 9.10 Å². The Kier molecular flexibility index (Phi) is 3.42. The third kappa shape index (κ3) is 2.58. The molecule has 8 heteroatoms. The minimum atomic E-state index is -3.81. The van der Waals surface area contributed by atoms with E-state index in [9.17, 15) is 13.2 Å². The van der Waals surface area contributed by atoms with Gasteiger partial charge in [0.25, 0.3) is 16.1 Å². The van der Waals surface area contributed by atoms with Crippen molar-refractivity contribution in [3.05, 3.63) is 47.4 Å². The summed E-state index contributed by atoms with van der Waals surface area (Å²) in [5, 5.41) is 7.89. The molecule has 3 rings (SSSR count). The molecule has 0 atom stereocenters. The first kappa shape index (κ1) is 14.6. The zero-order valence-corrected chi connectivity index (χ0v) is 12.7. The molecule has 2 aromatic rings. The predicted molar refractivity (Wildman–Crippen MR) is 82.0 cm³/mol. The summed E-state index contributed by atoms with van der Waals surface area (Å²) >= 11 is 0. The number of nitrogens with zero attached hydrogens (tertiary/aromatic N) is 1. The molecule has 0 radical (unpaired) electrons. The number of hydrogen-bond acceptors (Lipinski definition) is 4. The lowest BCUT2D eigenvalue weighted by Gasteiger charge is -2.16. The second-order valence-electron chi connectivity index (χ2n) is 5.10. The normalized spacial score (nSPS) is 14.0. The van der Waals surface area contributed by atoms with Gasteiger partial charge in [0.05, 0.1) is 12.0 Å². The monoisotopic (exact) mass is 321 g/mol. The number of nitrogens with one attached hydrogen (secondary N) is 1. The fraction of sp³-hybridized carbons (Fsp3) is 0.214. The first-order valence-corrected chi connectivity index (χ1v) is 8.15. The van der Waals surface area contributed by atoms with Crippen LogP contribution < -0.4 is 14.8 Å². The molecule has 1 amide bonds. The van der Waals surface area contributed by atoms with Gasteiger partial charge in [0.2, 0.25) is 0 Å². The lowest BCUT2D eigenvalue weighted by Crippen LogP contribution is -2.35. The molecule has 7 nitrogen and oxygen atoms in total. The Morgan fingerprint density at radius 2 is 2.14 bits per heavy atom. The molecule has 0 bridgehead atoms. The first-order valence-electron chi connectivity index (χ1n) is 6.65. The Balaban J connectivity index is 1.88. The van der Waals surface area contributed by atoms with Gasteiger partial charge in [-0.05, 0) is 37.1 Å². The van der Waals surface area contributed by atoms with Crippen LogP contribution in [0, 0.1) is 6.92 Å². The van der Waals surface area contributed by atoms with Crippen LogP contribution in [0.5, 0.6) is 0 Å². The van der Waals surface area contributed by atoms with Gasteiger partial charge in [0.15, 0.2) is 5.76 Å². The van der Waals surface area contributed by atoms with E-state index in [0.29, 0.717) is 24.3 Å². The van der Waals surface area contributed by atoms with Gasteiger partial charge in [-0.2, -0.15) is 8.42 Å². The molecule has 1 aliphatic heterocycles. The molecule has 0 spiro atoms. The maximum Gasteiger partial charge on any atom is 0.299 e. The number of hydrogen-bond donors (Lipinski definition) is 2. The molecular formula is C14H15N3O4S. The van der Waals surface area contributed by atoms with Crippen LogP contribution in [0.1, 0.15) is 21.7 Å². The summed E-state index contributed by atoms with van der Waals surface area (Å²) in [6.07, 6.45) is 2.03. The Morgan fingerprint density at radius 1 is 1.36 bits per heavy atom. The van der Waals surface area contributed by atoms with Gasteiger partial charge in [-0.1, -0.05) is 6.07 Å². The third-order valence-electron chi connectivity index (χ3n) is 3.57. The number of carbonyl (C=O) groups is 1. The lowest BCUT2D eigenvalue weighted by atomic mass is 10.1. The van der Waals surface area contributed by atoms with E-state index in [1.165, 1.54) is 6.26 Å². The number of fused-ring (bicyclic) bond motifs is 1. The average Bonchev–Trinajstić information content (AvgIpc) is 3.03. The highest BCUT2D eigenvalue weighted by atomic mass is 32.2. The molecule has 22 heavy (non-hydrogen) atoms. The first-order chi connectivity index (χ1) is 10.4. The van der Waals surface area contributed by atoms with Crippen LogP contribution in [0.15, 0.2) is 34.9 Å². The third-order valence-corrected chi connectivity index (χ3v) is 4.57. The molecule has 1 aromatic carbocycles. The number of furan rings is 1. The van der Waals surface area contributed by atoms with Gasteiger partial charge in [0.1, 0.15) is 0 Å². The van der Waals surface area contributed by atoms with Crippen LogP contribution >= 0.6 is 0 Å². The van der Waals surface area contributed by atoms with Crippen molar-refractivity contribution in [1.82, 2.24) is 0 Å². The highest BCUT2D eigenvalue weighted by molar-refractivity contribution is 7.90. The van der Waals surface area contributed by atoms with Crippen LogP contribution in [-0.4, -0.2) is 20.9 Å². The molecule has 0 saturated heterocycles. The quantitative estimate of drug-likeness (QED) is 0.891. The van der Waals surface area contributed by atoms with Crippen molar-refractivity contribution in [2.45, 2.75) is 13.3 Å². The van der Waals surface area contributed by atoms with Crippen molar-refractivity contribution < 1.29 is 17.6 Å². The Hall–Kier alpha value is -2.32. The maximum absolute atomic E-state index is 12.1. The van der Waals surface area contributed by atoms with Crippen LogP contribution in [-0.2, 0) is 16.6 Å².